The Morgan fingerprint density at radius 3 is 2.53 bits per heavy atom. The largest absolute Gasteiger partial charge is 0.465 e. The Labute approximate surface area is 203 Å². The summed E-state index contributed by atoms with van der Waals surface area (Å²) in [6, 6.07) is 8.07. The molecule has 1 aliphatic heterocycles. The summed E-state index contributed by atoms with van der Waals surface area (Å²) in [4.78, 5) is 19.3. The van der Waals surface area contributed by atoms with E-state index < -0.39 is 22.0 Å². The first-order valence-corrected chi connectivity index (χ1v) is 13.4. The average Bonchev–Trinajstić information content (AvgIpc) is 3.11. The molecule has 0 saturated heterocycles. The fourth-order valence-corrected chi connectivity index (χ4v) is 5.94. The first kappa shape index (κ1) is 26.0. The van der Waals surface area contributed by atoms with E-state index in [-0.39, 0.29) is 30.1 Å². The summed E-state index contributed by atoms with van der Waals surface area (Å²) in [5.74, 6) is -0.353. The Bertz CT molecular complexity index is 1070. The van der Waals surface area contributed by atoms with Crippen LogP contribution in [-0.4, -0.2) is 49.0 Å². The second kappa shape index (κ2) is 11.2. The van der Waals surface area contributed by atoms with Crippen molar-refractivity contribution in [1.82, 2.24) is 9.29 Å². The average molecular weight is 489 g/mol. The van der Waals surface area contributed by atoms with E-state index in [1.165, 1.54) is 4.31 Å². The van der Waals surface area contributed by atoms with E-state index in [4.69, 9.17) is 4.74 Å². The lowest BCUT2D eigenvalue weighted by Crippen LogP contribution is -2.46. The van der Waals surface area contributed by atoms with Gasteiger partial charge in [-0.1, -0.05) is 32.9 Å². The van der Waals surface area contributed by atoms with Crippen molar-refractivity contribution in [3.8, 4) is 0 Å². The minimum absolute atomic E-state index is 0.101. The topological polar surface area (TPSA) is 91.8 Å². The van der Waals surface area contributed by atoms with Crippen LogP contribution in [-0.2, 0) is 26.1 Å². The van der Waals surface area contributed by atoms with Gasteiger partial charge in [0.15, 0.2) is 0 Å². The minimum Gasteiger partial charge on any atom is -0.465 e. The van der Waals surface area contributed by atoms with E-state index in [1.54, 1.807) is 31.5 Å². The van der Waals surface area contributed by atoms with Crippen LogP contribution in [0.1, 0.15) is 53.0 Å². The number of pyridine rings is 1. The van der Waals surface area contributed by atoms with Gasteiger partial charge in [-0.2, -0.15) is 4.31 Å². The minimum atomic E-state index is -3.88. The Balaban J connectivity index is 1.85. The van der Waals surface area contributed by atoms with Crippen LogP contribution in [0.25, 0.3) is 0 Å². The smallest absolute Gasteiger partial charge is 0.324 e. The number of fused-ring (bicyclic) bond motifs is 1. The monoisotopic (exact) mass is 488 g/mol. The summed E-state index contributed by atoms with van der Waals surface area (Å²) in [6.45, 7) is 10.7. The number of anilines is 2. The molecule has 1 aliphatic rings. The highest BCUT2D eigenvalue weighted by Crippen LogP contribution is 2.34. The van der Waals surface area contributed by atoms with E-state index in [1.807, 2.05) is 39.0 Å². The van der Waals surface area contributed by atoms with E-state index in [0.717, 1.165) is 16.9 Å². The highest BCUT2D eigenvalue weighted by molar-refractivity contribution is 7.89. The zero-order chi connectivity index (χ0) is 24.9. The third-order valence-corrected chi connectivity index (χ3v) is 7.79. The fraction of sp³-hybridized carbons (Fsp3) is 0.520. The number of carbonyl (C=O) groups excluding carboxylic acids is 1. The SMILES string of the molecule is CCCN([C@@H](CC(C)C)C(=O)OCC)S(=O)(=O)c1ccc(CN2c3ccncc3NC2C)cc1. The lowest BCUT2D eigenvalue weighted by atomic mass is 10.0. The van der Waals surface area contributed by atoms with Crippen LogP contribution >= 0.6 is 0 Å². The standard InChI is InChI=1S/C25H36N4O4S/c1-6-14-29(24(15-18(3)4)25(30)33-7-2)34(31,32)21-10-8-20(9-11-21)17-28-19(5)27-22-16-26-13-12-23(22)28/h8-13,16,18-19,24,27H,6-7,14-15,17H2,1-5H3/t19?,24-/m0/s1. The van der Waals surface area contributed by atoms with Gasteiger partial charge in [-0.15, -0.1) is 0 Å². The predicted molar refractivity (Wildman–Crippen MR) is 134 cm³/mol. The third-order valence-electron chi connectivity index (χ3n) is 5.87. The summed E-state index contributed by atoms with van der Waals surface area (Å²) < 4.78 is 33.8. The van der Waals surface area contributed by atoms with Gasteiger partial charge in [-0.3, -0.25) is 9.78 Å². The lowest BCUT2D eigenvalue weighted by molar-refractivity contribution is -0.148. The summed E-state index contributed by atoms with van der Waals surface area (Å²) in [5, 5.41) is 3.40. The molecule has 1 N–H and O–H groups in total. The predicted octanol–water partition coefficient (Wildman–Crippen LogP) is 4.24. The molecule has 0 bridgehead atoms. The Morgan fingerprint density at radius 2 is 1.91 bits per heavy atom. The molecule has 3 rings (SSSR count). The van der Waals surface area contributed by atoms with E-state index in [2.05, 4.69) is 22.1 Å². The lowest BCUT2D eigenvalue weighted by Gasteiger charge is -2.30. The Hall–Kier alpha value is -2.65. The van der Waals surface area contributed by atoms with Crippen LogP contribution in [0.2, 0.25) is 0 Å². The molecule has 0 spiro atoms. The second-order valence-electron chi connectivity index (χ2n) is 9.00. The number of sulfonamides is 1. The molecule has 0 aliphatic carbocycles. The summed E-state index contributed by atoms with van der Waals surface area (Å²) in [5.41, 5.74) is 3.04. The van der Waals surface area contributed by atoms with Crippen molar-refractivity contribution >= 4 is 27.4 Å². The highest BCUT2D eigenvalue weighted by atomic mass is 32.2. The van der Waals surface area contributed by atoms with Crippen molar-refractivity contribution in [2.75, 3.05) is 23.4 Å². The molecule has 2 aromatic rings. The van der Waals surface area contributed by atoms with Gasteiger partial charge in [0.1, 0.15) is 6.04 Å². The van der Waals surface area contributed by atoms with Crippen molar-refractivity contribution in [2.24, 2.45) is 5.92 Å². The molecule has 9 heteroatoms. The van der Waals surface area contributed by atoms with E-state index in [9.17, 15) is 13.2 Å². The molecule has 186 valence electrons. The van der Waals surface area contributed by atoms with Crippen LogP contribution in [0.5, 0.6) is 0 Å². The number of esters is 1. The molecular weight excluding hydrogens is 452 g/mol. The highest BCUT2D eigenvalue weighted by Gasteiger charge is 2.36. The van der Waals surface area contributed by atoms with Gasteiger partial charge in [-0.05, 0) is 56.4 Å². The van der Waals surface area contributed by atoms with Gasteiger partial charge in [-0.25, -0.2) is 8.42 Å². The Kier molecular flexibility index (Phi) is 8.54. The van der Waals surface area contributed by atoms with Crippen molar-refractivity contribution in [3.05, 3.63) is 48.3 Å². The number of nitrogens with one attached hydrogen (secondary N) is 1. The van der Waals surface area contributed by atoms with Crippen LogP contribution in [0.15, 0.2) is 47.6 Å². The van der Waals surface area contributed by atoms with Crippen LogP contribution in [0.3, 0.4) is 0 Å². The number of ether oxygens (including phenoxy) is 1. The van der Waals surface area contributed by atoms with Crippen LogP contribution < -0.4 is 10.2 Å². The number of nitrogens with zero attached hydrogens (tertiary/aromatic N) is 3. The van der Waals surface area contributed by atoms with Crippen molar-refractivity contribution < 1.29 is 17.9 Å². The van der Waals surface area contributed by atoms with Gasteiger partial charge in [0.2, 0.25) is 10.0 Å². The zero-order valence-electron chi connectivity index (χ0n) is 20.7. The molecule has 0 saturated carbocycles. The zero-order valence-corrected chi connectivity index (χ0v) is 21.5. The van der Waals surface area contributed by atoms with Crippen molar-refractivity contribution in [1.29, 1.82) is 0 Å². The fourth-order valence-electron chi connectivity index (χ4n) is 4.26. The second-order valence-corrected chi connectivity index (χ2v) is 10.9. The molecule has 0 amide bonds. The van der Waals surface area contributed by atoms with Gasteiger partial charge in [0, 0.05) is 19.3 Å². The summed E-state index contributed by atoms with van der Waals surface area (Å²) >= 11 is 0. The number of aromatic nitrogens is 1. The van der Waals surface area contributed by atoms with E-state index in [0.29, 0.717) is 19.4 Å². The first-order chi connectivity index (χ1) is 16.2. The van der Waals surface area contributed by atoms with Gasteiger partial charge < -0.3 is 15.0 Å². The molecule has 1 aromatic carbocycles. The molecule has 0 fully saturated rings. The maximum atomic E-state index is 13.6. The molecule has 0 radical (unpaired) electrons. The molecule has 2 heterocycles. The number of benzene rings is 1. The number of rotatable bonds is 11. The number of carbonyl (C=O) groups is 1. The van der Waals surface area contributed by atoms with Crippen molar-refractivity contribution in [3.63, 3.8) is 0 Å². The number of hydrogen-bond acceptors (Lipinski definition) is 7. The summed E-state index contributed by atoms with van der Waals surface area (Å²) in [6.07, 6.45) is 4.68. The molecule has 34 heavy (non-hydrogen) atoms. The quantitative estimate of drug-likeness (QED) is 0.473. The van der Waals surface area contributed by atoms with E-state index >= 15 is 0 Å². The normalized spacial score (nSPS) is 16.4. The van der Waals surface area contributed by atoms with Crippen molar-refractivity contribution in [2.45, 2.75) is 71.1 Å². The molecule has 8 nitrogen and oxygen atoms in total. The Morgan fingerprint density at radius 1 is 1.21 bits per heavy atom. The third kappa shape index (κ3) is 5.70. The molecule has 1 unspecified atom stereocenters. The molecule has 2 atom stereocenters. The first-order valence-electron chi connectivity index (χ1n) is 11.9. The van der Waals surface area contributed by atoms with Gasteiger partial charge in [0.25, 0.3) is 0 Å². The molecule has 1 aromatic heterocycles. The maximum Gasteiger partial charge on any atom is 0.324 e. The maximum absolute atomic E-state index is 13.6. The number of hydrogen-bond donors (Lipinski definition) is 1. The van der Waals surface area contributed by atoms with Gasteiger partial charge >= 0.3 is 5.97 Å². The van der Waals surface area contributed by atoms with Gasteiger partial charge in [0.05, 0.1) is 35.2 Å². The van der Waals surface area contributed by atoms with Crippen LogP contribution in [0.4, 0.5) is 11.4 Å². The molecular formula is C25H36N4O4S. The van der Waals surface area contributed by atoms with Crippen LogP contribution in [0, 0.1) is 5.92 Å². The summed E-state index contributed by atoms with van der Waals surface area (Å²) in [7, 11) is -3.88.